The Morgan fingerprint density at radius 2 is 1.11 bits per heavy atom. The molecule has 0 aliphatic carbocycles. The molecular formula is C64H113N7O18S. The van der Waals surface area contributed by atoms with Crippen molar-refractivity contribution in [2.24, 2.45) is 35.1 Å². The van der Waals surface area contributed by atoms with Crippen LogP contribution in [0.5, 0.6) is 5.75 Å². The number of Topliss-reactive ketones (excluding diaryl/α,β-unsaturated/α-hetero) is 3. The van der Waals surface area contributed by atoms with E-state index in [2.05, 4.69) is 21.3 Å². The zero-order valence-electron chi connectivity index (χ0n) is 53.9. The fourth-order valence-electron chi connectivity index (χ4n) is 10.1. The number of unbranched alkanes of at least 4 members (excludes halogenated alkanes) is 14. The third kappa shape index (κ3) is 45.3. The Hall–Kier alpha value is -5.93. The van der Waals surface area contributed by atoms with Crippen molar-refractivity contribution in [3.63, 3.8) is 0 Å². The molecule has 0 aliphatic rings. The fraction of sp³-hybridized carbons (Fsp3) is 0.750. The molecule has 5 atom stereocenters. The van der Waals surface area contributed by atoms with Gasteiger partial charge in [0.25, 0.3) is 10.1 Å². The normalized spacial score (nSPS) is 13.2. The molecule has 0 fully saturated rings. The molecular weight excluding hydrogens is 1190 g/mol. The minimum absolute atomic E-state index is 0. The van der Waals surface area contributed by atoms with Crippen LogP contribution in [0, 0.1) is 29.1 Å². The van der Waals surface area contributed by atoms with Gasteiger partial charge in [0.1, 0.15) is 42.6 Å². The smallest absolute Gasteiger partial charge is 0.326 e. The highest BCUT2D eigenvalue weighted by Gasteiger charge is 2.36. The number of phenolic OH excluding ortho intramolecular Hbond substituents is 1. The Morgan fingerprint density at radius 3 is 1.70 bits per heavy atom. The third-order valence-corrected chi connectivity index (χ3v) is 15.9. The number of amidine groups is 1. The van der Waals surface area contributed by atoms with Gasteiger partial charge in [-0.05, 0) is 75.0 Å². The van der Waals surface area contributed by atoms with Gasteiger partial charge in [0.15, 0.2) is 5.78 Å². The van der Waals surface area contributed by atoms with Gasteiger partial charge in [-0.2, -0.15) is 8.42 Å². The number of carbonyl (C=O) groups is 9. The van der Waals surface area contributed by atoms with E-state index in [1.54, 1.807) is 19.1 Å². The van der Waals surface area contributed by atoms with Crippen molar-refractivity contribution in [1.29, 1.82) is 5.41 Å². The van der Waals surface area contributed by atoms with Gasteiger partial charge >= 0.3 is 5.97 Å². The Labute approximate surface area is 536 Å². The Balaban J connectivity index is 0. The lowest BCUT2D eigenvalue weighted by atomic mass is 9.77. The van der Waals surface area contributed by atoms with E-state index in [-0.39, 0.29) is 165 Å². The zero-order valence-corrected chi connectivity index (χ0v) is 54.7. The standard InChI is InChI=1S/C64H109N7O18S.2H2/c1-47(2)42-53(74)44-50(61(78)48(3)54(24-16-17-25-57(65)66)63(80)71-56(62(67)79)43-49-27-29-51(72)30-28-49)22-18-19-33-68-60(77)46-89-40-37-86-35-21-23-52(73)45-88-39-38-87-36-34-69-58(75)32-31-55(64(81)82)70-59(76)26-15-13-11-9-7-5-4-6-8-10-12-14-20-41-90(83,84)85;;/h27-30,47-48,50,54-56,72H,4-26,31-46H2,1-3H3,(H3,65,66)(H2,67,79)(H,68,77)(H,69,75)(H,70,76)(H,71,80)(H,81,82)(H,83,84,85);2*1H/t48?,50-,54?,55+,56+;;/m1../s1. The maximum absolute atomic E-state index is 14.3. The number of hydrogen-bond donors (Lipinski definition) is 10. The van der Waals surface area contributed by atoms with Crippen LogP contribution in [-0.2, 0) is 78.6 Å². The second-order valence-corrected chi connectivity index (χ2v) is 25.3. The van der Waals surface area contributed by atoms with Crippen molar-refractivity contribution in [3.05, 3.63) is 29.8 Å². The first-order chi connectivity index (χ1) is 42.9. The van der Waals surface area contributed by atoms with Crippen molar-refractivity contribution in [2.75, 3.05) is 71.7 Å². The second kappa shape index (κ2) is 50.7. The molecule has 0 saturated heterocycles. The number of carboxylic acid groups (broad SMARTS) is 1. The number of phenols is 1. The summed E-state index contributed by atoms with van der Waals surface area (Å²) in [6.07, 6.45) is 16.5. The van der Waals surface area contributed by atoms with E-state index in [9.17, 15) is 61.8 Å². The fourth-order valence-corrected chi connectivity index (χ4v) is 10.6. The number of carbonyl (C=O) groups excluding carboxylic acids is 8. The number of ether oxygens (including phenoxy) is 4. The number of aromatic hydroxyl groups is 1. The summed E-state index contributed by atoms with van der Waals surface area (Å²) in [5.74, 6) is -6.50. The minimum Gasteiger partial charge on any atom is -0.508 e. The van der Waals surface area contributed by atoms with Gasteiger partial charge in [-0.15, -0.1) is 0 Å². The molecule has 1 aromatic carbocycles. The van der Waals surface area contributed by atoms with E-state index in [1.165, 1.54) is 12.1 Å². The summed E-state index contributed by atoms with van der Waals surface area (Å²) in [4.78, 5) is 115. The number of rotatable bonds is 60. The lowest BCUT2D eigenvalue weighted by Crippen LogP contribution is -2.49. The molecule has 518 valence electrons. The number of benzene rings is 1. The van der Waals surface area contributed by atoms with Gasteiger partial charge in [0.2, 0.25) is 29.5 Å². The molecule has 2 unspecified atom stereocenters. The summed E-state index contributed by atoms with van der Waals surface area (Å²) in [6.45, 7) is 6.81. The number of nitrogens with two attached hydrogens (primary N) is 2. The van der Waals surface area contributed by atoms with Crippen molar-refractivity contribution >= 4 is 68.8 Å². The number of aliphatic carboxylic acids is 1. The molecule has 0 saturated carbocycles. The molecule has 0 aliphatic heterocycles. The van der Waals surface area contributed by atoms with E-state index < -0.39 is 57.7 Å². The monoisotopic (exact) mass is 1300 g/mol. The first-order valence-electron chi connectivity index (χ1n) is 32.5. The molecule has 0 bridgehead atoms. The second-order valence-electron chi connectivity index (χ2n) is 23.7. The van der Waals surface area contributed by atoms with Crippen molar-refractivity contribution in [1.82, 2.24) is 21.3 Å². The van der Waals surface area contributed by atoms with Crippen molar-refractivity contribution < 1.29 is 88.1 Å². The van der Waals surface area contributed by atoms with Crippen LogP contribution in [0.15, 0.2) is 24.3 Å². The van der Waals surface area contributed by atoms with Crippen LogP contribution < -0.4 is 32.7 Å². The highest BCUT2D eigenvalue weighted by Crippen LogP contribution is 2.28. The molecule has 1 rings (SSSR count). The van der Waals surface area contributed by atoms with Gasteiger partial charge in [-0.3, -0.25) is 48.3 Å². The molecule has 1 aromatic rings. The SMILES string of the molecule is CC(C)CC(=O)C[C@@H](CCCCNC(=O)COCCOCCCC(=O)COCCOCCNC(=O)CC[C@H](NC(=O)CCCCCCCCCCCCCCCS(=O)(=O)O)C(=O)O)C(=O)C(C)C(CCCCC(=N)N)C(=O)N[C@@H](Cc1ccc(O)cc1)C(N)=O.[HH].[HH]. The average molecular weight is 1300 g/mol. The van der Waals surface area contributed by atoms with E-state index in [0.29, 0.717) is 76.5 Å². The summed E-state index contributed by atoms with van der Waals surface area (Å²) in [6, 6.07) is 3.86. The van der Waals surface area contributed by atoms with E-state index in [4.69, 9.17) is 40.4 Å². The first kappa shape index (κ1) is 82.1. The van der Waals surface area contributed by atoms with Crippen LogP contribution in [0.25, 0.3) is 0 Å². The molecule has 25 nitrogen and oxygen atoms in total. The number of carboxylic acids is 1. The molecule has 0 spiro atoms. The molecule has 0 aromatic heterocycles. The lowest BCUT2D eigenvalue weighted by molar-refractivity contribution is -0.142. The van der Waals surface area contributed by atoms with Crippen LogP contribution in [0.3, 0.4) is 0 Å². The molecule has 0 heterocycles. The Kier molecular flexibility index (Phi) is 46.2. The molecule has 12 N–H and O–H groups in total. The lowest BCUT2D eigenvalue weighted by Gasteiger charge is -2.28. The molecule has 0 radical (unpaired) electrons. The number of ketones is 3. The molecule has 90 heavy (non-hydrogen) atoms. The van der Waals surface area contributed by atoms with E-state index in [0.717, 1.165) is 70.6 Å². The van der Waals surface area contributed by atoms with Gasteiger partial charge in [0.05, 0.1) is 44.6 Å². The summed E-state index contributed by atoms with van der Waals surface area (Å²) < 4.78 is 52.0. The average Bonchev–Trinajstić information content (AvgIpc) is 1.08. The number of nitrogens with one attached hydrogen (secondary N) is 5. The van der Waals surface area contributed by atoms with E-state index in [1.807, 2.05) is 13.8 Å². The Bertz CT molecular complexity index is 2390. The van der Waals surface area contributed by atoms with Gasteiger partial charge < -0.3 is 61.9 Å². The first-order valence-corrected chi connectivity index (χ1v) is 34.1. The van der Waals surface area contributed by atoms with Crippen molar-refractivity contribution in [2.45, 2.75) is 213 Å². The Morgan fingerprint density at radius 1 is 0.556 bits per heavy atom. The number of amides is 5. The summed E-state index contributed by atoms with van der Waals surface area (Å²) in [7, 11) is -3.86. The van der Waals surface area contributed by atoms with Crippen LogP contribution >= 0.6 is 0 Å². The summed E-state index contributed by atoms with van der Waals surface area (Å²) >= 11 is 0. The minimum atomic E-state index is -3.86. The van der Waals surface area contributed by atoms with Crippen LogP contribution in [-0.4, -0.2) is 166 Å². The quantitative estimate of drug-likeness (QED) is 0.0138. The predicted molar refractivity (Wildman–Crippen MR) is 345 cm³/mol. The van der Waals surface area contributed by atoms with Gasteiger partial charge in [-0.1, -0.05) is 116 Å². The largest absolute Gasteiger partial charge is 0.508 e. The maximum atomic E-state index is 14.3. The summed E-state index contributed by atoms with van der Waals surface area (Å²) in [5.41, 5.74) is 11.9. The van der Waals surface area contributed by atoms with Crippen LogP contribution in [0.2, 0.25) is 0 Å². The summed E-state index contributed by atoms with van der Waals surface area (Å²) in [5, 5.41) is 37.6. The van der Waals surface area contributed by atoms with Crippen LogP contribution in [0.1, 0.15) is 203 Å². The maximum Gasteiger partial charge on any atom is 0.326 e. The highest BCUT2D eigenvalue weighted by atomic mass is 32.2. The number of primary amides is 1. The van der Waals surface area contributed by atoms with Crippen molar-refractivity contribution in [3.8, 4) is 5.75 Å². The third-order valence-electron chi connectivity index (χ3n) is 15.1. The number of hydrogen-bond acceptors (Lipinski definition) is 17. The van der Waals surface area contributed by atoms with E-state index >= 15 is 0 Å². The highest BCUT2D eigenvalue weighted by molar-refractivity contribution is 7.85. The molecule has 26 heteroatoms. The topological polar surface area (TPSA) is 409 Å². The van der Waals surface area contributed by atoms with Crippen LogP contribution in [0.4, 0.5) is 0 Å². The molecule has 5 amide bonds. The van der Waals surface area contributed by atoms with Gasteiger partial charge in [-0.25, -0.2) is 4.79 Å². The predicted octanol–water partition coefficient (Wildman–Crippen LogP) is 6.85. The van der Waals surface area contributed by atoms with Gasteiger partial charge in [0, 0.05) is 85.2 Å². The zero-order chi connectivity index (χ0) is 67.0.